The normalized spacial score (nSPS) is 10.4. The van der Waals surface area contributed by atoms with E-state index in [1.54, 1.807) is 18.6 Å². The van der Waals surface area contributed by atoms with Gasteiger partial charge in [-0.25, -0.2) is 9.97 Å². The first-order valence-corrected chi connectivity index (χ1v) is 7.28. The number of anilines is 2. The fourth-order valence-corrected chi connectivity index (χ4v) is 2.30. The molecule has 0 aliphatic rings. The smallest absolute Gasteiger partial charge is 0.227 e. The van der Waals surface area contributed by atoms with Crippen LogP contribution in [0.15, 0.2) is 59.5 Å². The fourth-order valence-electron chi connectivity index (χ4n) is 1.94. The van der Waals surface area contributed by atoms with E-state index in [4.69, 9.17) is 0 Å². The maximum atomic E-state index is 4.53. The maximum Gasteiger partial charge on any atom is 0.227 e. The molecule has 0 amide bonds. The SMILES string of the molecule is Cc1ccc(Br)cc1Nc1nccc(-c2cccnc2)n1. The molecule has 21 heavy (non-hydrogen) atoms. The third-order valence-corrected chi connectivity index (χ3v) is 3.55. The van der Waals surface area contributed by atoms with Crippen molar-refractivity contribution in [2.45, 2.75) is 6.92 Å². The number of nitrogens with zero attached hydrogens (tertiary/aromatic N) is 3. The van der Waals surface area contributed by atoms with Crippen LogP contribution < -0.4 is 5.32 Å². The van der Waals surface area contributed by atoms with E-state index in [1.165, 1.54) is 0 Å². The lowest BCUT2D eigenvalue weighted by molar-refractivity contribution is 1.16. The molecule has 0 saturated heterocycles. The Hall–Kier alpha value is -2.27. The van der Waals surface area contributed by atoms with Gasteiger partial charge in [0.1, 0.15) is 0 Å². The molecule has 0 bridgehead atoms. The Morgan fingerprint density at radius 1 is 1.10 bits per heavy atom. The molecule has 0 unspecified atom stereocenters. The van der Waals surface area contributed by atoms with Gasteiger partial charge in [-0.15, -0.1) is 0 Å². The molecule has 0 atom stereocenters. The highest BCUT2D eigenvalue weighted by Crippen LogP contribution is 2.24. The summed E-state index contributed by atoms with van der Waals surface area (Å²) in [6.07, 6.45) is 5.27. The molecule has 104 valence electrons. The second-order valence-electron chi connectivity index (χ2n) is 4.59. The van der Waals surface area contributed by atoms with Crippen LogP contribution >= 0.6 is 15.9 Å². The van der Waals surface area contributed by atoms with Crippen LogP contribution in [0.5, 0.6) is 0 Å². The number of rotatable bonds is 3. The van der Waals surface area contributed by atoms with Gasteiger partial charge in [0.05, 0.1) is 5.69 Å². The van der Waals surface area contributed by atoms with Crippen LogP contribution in [-0.2, 0) is 0 Å². The first kappa shape index (κ1) is 13.7. The average Bonchev–Trinajstić information content (AvgIpc) is 2.52. The summed E-state index contributed by atoms with van der Waals surface area (Å²) in [6.45, 7) is 2.04. The van der Waals surface area contributed by atoms with Gasteiger partial charge in [0.25, 0.3) is 0 Å². The van der Waals surface area contributed by atoms with Crippen LogP contribution in [-0.4, -0.2) is 15.0 Å². The second kappa shape index (κ2) is 6.01. The second-order valence-corrected chi connectivity index (χ2v) is 5.51. The topological polar surface area (TPSA) is 50.7 Å². The standard InChI is InChI=1S/C16H13BrN4/c1-11-4-5-13(17)9-15(11)21-16-19-8-6-14(20-16)12-3-2-7-18-10-12/h2-10H,1H3,(H,19,20,21). The van der Waals surface area contributed by atoms with E-state index in [0.29, 0.717) is 5.95 Å². The van der Waals surface area contributed by atoms with Crippen LogP contribution in [0, 0.1) is 6.92 Å². The first-order chi connectivity index (χ1) is 10.2. The molecule has 3 aromatic rings. The third kappa shape index (κ3) is 3.25. The zero-order valence-corrected chi connectivity index (χ0v) is 13.0. The Morgan fingerprint density at radius 3 is 2.81 bits per heavy atom. The van der Waals surface area contributed by atoms with Gasteiger partial charge in [-0.1, -0.05) is 22.0 Å². The Bertz CT molecular complexity index is 759. The lowest BCUT2D eigenvalue weighted by Gasteiger charge is -2.09. The van der Waals surface area contributed by atoms with Crippen molar-refractivity contribution in [3.8, 4) is 11.3 Å². The third-order valence-electron chi connectivity index (χ3n) is 3.06. The minimum atomic E-state index is 0.567. The van der Waals surface area contributed by atoms with E-state index in [9.17, 15) is 0 Å². The van der Waals surface area contributed by atoms with Crippen LogP contribution in [0.2, 0.25) is 0 Å². The number of aromatic nitrogens is 3. The lowest BCUT2D eigenvalue weighted by atomic mass is 10.2. The van der Waals surface area contributed by atoms with Crippen molar-refractivity contribution in [2.75, 3.05) is 5.32 Å². The van der Waals surface area contributed by atoms with Crippen LogP contribution in [0.1, 0.15) is 5.56 Å². The number of hydrogen-bond acceptors (Lipinski definition) is 4. The summed E-state index contributed by atoms with van der Waals surface area (Å²) in [5, 5.41) is 3.25. The van der Waals surface area contributed by atoms with E-state index >= 15 is 0 Å². The van der Waals surface area contributed by atoms with Gasteiger partial charge in [0.15, 0.2) is 0 Å². The van der Waals surface area contributed by atoms with E-state index in [0.717, 1.165) is 27.0 Å². The van der Waals surface area contributed by atoms with Crippen molar-refractivity contribution in [3.63, 3.8) is 0 Å². The summed E-state index contributed by atoms with van der Waals surface area (Å²) in [6, 6.07) is 11.8. The van der Waals surface area contributed by atoms with E-state index < -0.39 is 0 Å². The minimum Gasteiger partial charge on any atom is -0.324 e. The Labute approximate surface area is 131 Å². The summed E-state index contributed by atoms with van der Waals surface area (Å²) in [5.41, 5.74) is 3.92. The molecule has 0 aliphatic carbocycles. The monoisotopic (exact) mass is 340 g/mol. The Kier molecular flexibility index (Phi) is 3.92. The quantitative estimate of drug-likeness (QED) is 0.769. The first-order valence-electron chi connectivity index (χ1n) is 6.49. The average molecular weight is 341 g/mol. The van der Waals surface area contributed by atoms with Gasteiger partial charge in [-0.3, -0.25) is 4.98 Å². The molecule has 4 nitrogen and oxygen atoms in total. The van der Waals surface area contributed by atoms with E-state index in [2.05, 4.69) is 36.2 Å². The highest BCUT2D eigenvalue weighted by Gasteiger charge is 2.05. The molecule has 0 fully saturated rings. The zero-order chi connectivity index (χ0) is 14.7. The van der Waals surface area contributed by atoms with E-state index in [1.807, 2.05) is 43.3 Å². The highest BCUT2D eigenvalue weighted by atomic mass is 79.9. The van der Waals surface area contributed by atoms with Gasteiger partial charge < -0.3 is 5.32 Å². The molecule has 3 rings (SSSR count). The van der Waals surface area contributed by atoms with Gasteiger partial charge in [0, 0.05) is 34.3 Å². The van der Waals surface area contributed by atoms with Crippen LogP contribution in [0.4, 0.5) is 11.6 Å². The predicted molar refractivity (Wildman–Crippen MR) is 87.4 cm³/mol. The number of nitrogens with one attached hydrogen (secondary N) is 1. The molecular weight excluding hydrogens is 328 g/mol. The Morgan fingerprint density at radius 2 is 2.00 bits per heavy atom. The predicted octanol–water partition coefficient (Wildman–Crippen LogP) is 4.35. The molecule has 1 N–H and O–H groups in total. The van der Waals surface area contributed by atoms with Crippen molar-refractivity contribution in [2.24, 2.45) is 0 Å². The molecule has 0 aliphatic heterocycles. The molecule has 5 heteroatoms. The molecule has 2 aromatic heterocycles. The van der Waals surface area contributed by atoms with Crippen LogP contribution in [0.25, 0.3) is 11.3 Å². The summed E-state index contributed by atoms with van der Waals surface area (Å²) in [4.78, 5) is 12.9. The highest BCUT2D eigenvalue weighted by molar-refractivity contribution is 9.10. The van der Waals surface area contributed by atoms with Crippen molar-refractivity contribution in [1.82, 2.24) is 15.0 Å². The summed E-state index contributed by atoms with van der Waals surface area (Å²) < 4.78 is 1.01. The number of aryl methyl sites for hydroxylation is 1. The molecule has 0 radical (unpaired) electrons. The van der Waals surface area contributed by atoms with Gasteiger partial charge in [0.2, 0.25) is 5.95 Å². The van der Waals surface area contributed by atoms with Gasteiger partial charge in [-0.2, -0.15) is 0 Å². The molecule has 0 spiro atoms. The summed E-state index contributed by atoms with van der Waals surface area (Å²) in [7, 11) is 0. The number of halogens is 1. The number of benzene rings is 1. The molecular formula is C16H13BrN4. The van der Waals surface area contributed by atoms with Gasteiger partial charge in [-0.05, 0) is 42.8 Å². The fraction of sp³-hybridized carbons (Fsp3) is 0.0625. The largest absolute Gasteiger partial charge is 0.324 e. The maximum absolute atomic E-state index is 4.53. The Balaban J connectivity index is 1.92. The lowest BCUT2D eigenvalue weighted by Crippen LogP contribution is -1.99. The van der Waals surface area contributed by atoms with Crippen LogP contribution in [0.3, 0.4) is 0 Å². The molecule has 0 saturated carbocycles. The van der Waals surface area contributed by atoms with E-state index in [-0.39, 0.29) is 0 Å². The van der Waals surface area contributed by atoms with Crippen molar-refractivity contribution in [3.05, 3.63) is 65.0 Å². The number of hydrogen-bond donors (Lipinski definition) is 1. The van der Waals surface area contributed by atoms with Crippen molar-refractivity contribution < 1.29 is 0 Å². The van der Waals surface area contributed by atoms with Crippen molar-refractivity contribution >= 4 is 27.6 Å². The summed E-state index contributed by atoms with van der Waals surface area (Å²) in [5.74, 6) is 0.567. The number of pyridine rings is 1. The minimum absolute atomic E-state index is 0.567. The molecule has 2 heterocycles. The zero-order valence-electron chi connectivity index (χ0n) is 11.4. The summed E-state index contributed by atoms with van der Waals surface area (Å²) >= 11 is 3.47. The molecule has 1 aromatic carbocycles. The van der Waals surface area contributed by atoms with Gasteiger partial charge >= 0.3 is 0 Å². The van der Waals surface area contributed by atoms with Crippen molar-refractivity contribution in [1.29, 1.82) is 0 Å².